The summed E-state index contributed by atoms with van der Waals surface area (Å²) < 4.78 is 22.3. The van der Waals surface area contributed by atoms with Gasteiger partial charge in [-0.25, -0.2) is 9.59 Å². The van der Waals surface area contributed by atoms with Crippen LogP contribution in [0.3, 0.4) is 0 Å². The fourth-order valence-corrected chi connectivity index (χ4v) is 4.24. The number of hydrogen-bond acceptors (Lipinski definition) is 8. The summed E-state index contributed by atoms with van der Waals surface area (Å²) in [6.07, 6.45) is -0.135. The minimum Gasteiger partial charge on any atom is -0.458 e. The molecular formula is C23H32O8. The third-order valence-electron chi connectivity index (χ3n) is 6.22. The molecular weight excluding hydrogens is 404 g/mol. The lowest BCUT2D eigenvalue weighted by atomic mass is 9.76. The summed E-state index contributed by atoms with van der Waals surface area (Å²) in [6.45, 7) is 11.8. The molecule has 1 saturated carbocycles. The van der Waals surface area contributed by atoms with Crippen LogP contribution in [-0.4, -0.2) is 54.7 Å². The molecule has 2 rings (SSSR count). The van der Waals surface area contributed by atoms with Crippen LogP contribution in [0.4, 0.5) is 0 Å². The molecule has 8 nitrogen and oxygen atoms in total. The standard InChI is InChI=1S/C23H32O8/c1-8-12(2)21(26)30-18-11-23(6,31-15(5)24)19(25)10-16(28-7)13(3)9-17-20(18)14(4)22(27)29-17/h8,13,16-18,20H,4,9-11H2,1-3,5-7H3/b12-8+/t13-,16-,17-,18+,20+,23-/m1/s1. The second-order valence-electron chi connectivity index (χ2n) is 8.55. The summed E-state index contributed by atoms with van der Waals surface area (Å²) in [6, 6.07) is 0. The van der Waals surface area contributed by atoms with Gasteiger partial charge in [-0.3, -0.25) is 9.59 Å². The molecule has 0 N–H and O–H groups in total. The zero-order valence-corrected chi connectivity index (χ0v) is 19.1. The number of allylic oxidation sites excluding steroid dienone is 1. The Labute approximate surface area is 182 Å². The lowest BCUT2D eigenvalue weighted by Gasteiger charge is -2.38. The van der Waals surface area contributed by atoms with Crippen LogP contribution in [0.5, 0.6) is 0 Å². The van der Waals surface area contributed by atoms with Crippen LogP contribution in [0.2, 0.25) is 0 Å². The molecule has 0 aromatic heterocycles. The van der Waals surface area contributed by atoms with Gasteiger partial charge in [0, 0.05) is 38.0 Å². The van der Waals surface area contributed by atoms with Crippen molar-refractivity contribution in [2.24, 2.45) is 11.8 Å². The highest BCUT2D eigenvalue weighted by Gasteiger charge is 2.51. The molecule has 2 fully saturated rings. The van der Waals surface area contributed by atoms with E-state index < -0.39 is 47.7 Å². The maximum Gasteiger partial charge on any atom is 0.334 e. The van der Waals surface area contributed by atoms with Crippen molar-refractivity contribution in [1.29, 1.82) is 0 Å². The van der Waals surface area contributed by atoms with Crippen molar-refractivity contribution in [3.63, 3.8) is 0 Å². The number of ether oxygens (including phenoxy) is 4. The highest BCUT2D eigenvalue weighted by atomic mass is 16.6. The van der Waals surface area contributed by atoms with E-state index in [1.54, 1.807) is 19.9 Å². The van der Waals surface area contributed by atoms with Gasteiger partial charge in [-0.15, -0.1) is 0 Å². The quantitative estimate of drug-likeness (QED) is 0.376. The van der Waals surface area contributed by atoms with Gasteiger partial charge < -0.3 is 18.9 Å². The van der Waals surface area contributed by atoms with E-state index >= 15 is 0 Å². The zero-order chi connectivity index (χ0) is 23.5. The number of carbonyl (C=O) groups excluding carboxylic acids is 4. The van der Waals surface area contributed by atoms with E-state index in [-0.39, 0.29) is 30.1 Å². The molecule has 0 bridgehead atoms. The second kappa shape index (κ2) is 9.77. The minimum atomic E-state index is -1.58. The van der Waals surface area contributed by atoms with E-state index in [4.69, 9.17) is 18.9 Å². The first-order valence-corrected chi connectivity index (χ1v) is 10.4. The Morgan fingerprint density at radius 1 is 1.23 bits per heavy atom. The van der Waals surface area contributed by atoms with Crippen molar-refractivity contribution in [1.82, 2.24) is 0 Å². The molecule has 172 valence electrons. The van der Waals surface area contributed by atoms with E-state index in [1.165, 1.54) is 21.0 Å². The summed E-state index contributed by atoms with van der Waals surface area (Å²) in [5.74, 6) is -2.98. The predicted octanol–water partition coefficient (Wildman–Crippen LogP) is 2.69. The molecule has 0 spiro atoms. The fourth-order valence-electron chi connectivity index (χ4n) is 4.24. The van der Waals surface area contributed by atoms with Crippen LogP contribution < -0.4 is 0 Å². The monoisotopic (exact) mass is 436 g/mol. The van der Waals surface area contributed by atoms with Gasteiger partial charge in [0.05, 0.1) is 12.0 Å². The number of fused-ring (bicyclic) bond motifs is 1. The maximum atomic E-state index is 13.2. The molecule has 2 aliphatic rings. The second-order valence-corrected chi connectivity index (χ2v) is 8.55. The molecule has 0 aromatic carbocycles. The summed E-state index contributed by atoms with van der Waals surface area (Å²) in [7, 11) is 1.50. The van der Waals surface area contributed by atoms with Crippen LogP contribution in [0.15, 0.2) is 23.8 Å². The van der Waals surface area contributed by atoms with Crippen molar-refractivity contribution < 1.29 is 38.1 Å². The van der Waals surface area contributed by atoms with Gasteiger partial charge >= 0.3 is 17.9 Å². The Bertz CT molecular complexity index is 797. The number of rotatable bonds is 4. The number of methoxy groups -OCH3 is 1. The fraction of sp³-hybridized carbons (Fsp3) is 0.652. The first-order chi connectivity index (χ1) is 14.4. The first kappa shape index (κ1) is 24.8. The highest BCUT2D eigenvalue weighted by molar-refractivity contribution is 5.92. The van der Waals surface area contributed by atoms with E-state index in [0.29, 0.717) is 12.0 Å². The van der Waals surface area contributed by atoms with Gasteiger partial charge in [0.1, 0.15) is 12.2 Å². The molecule has 1 aliphatic carbocycles. The van der Waals surface area contributed by atoms with Crippen LogP contribution in [0, 0.1) is 11.8 Å². The van der Waals surface area contributed by atoms with Gasteiger partial charge in [0.2, 0.25) is 0 Å². The Kier molecular flexibility index (Phi) is 7.81. The Morgan fingerprint density at radius 2 is 1.87 bits per heavy atom. The van der Waals surface area contributed by atoms with Gasteiger partial charge in [0.25, 0.3) is 0 Å². The summed E-state index contributed by atoms with van der Waals surface area (Å²) >= 11 is 0. The summed E-state index contributed by atoms with van der Waals surface area (Å²) in [5.41, 5.74) is -1.04. The number of ketones is 1. The largest absolute Gasteiger partial charge is 0.458 e. The molecule has 0 amide bonds. The highest BCUT2D eigenvalue weighted by Crippen LogP contribution is 2.41. The lowest BCUT2D eigenvalue weighted by Crippen LogP contribution is -2.49. The summed E-state index contributed by atoms with van der Waals surface area (Å²) in [4.78, 5) is 50.0. The number of Topliss-reactive ketones (excluding diaryl/α,β-unsaturated/α-hetero) is 1. The van der Waals surface area contributed by atoms with Crippen LogP contribution in [0.1, 0.15) is 53.9 Å². The Morgan fingerprint density at radius 3 is 2.42 bits per heavy atom. The van der Waals surface area contributed by atoms with Gasteiger partial charge in [-0.2, -0.15) is 0 Å². The lowest BCUT2D eigenvalue weighted by molar-refractivity contribution is -0.174. The van der Waals surface area contributed by atoms with Gasteiger partial charge in [0.15, 0.2) is 11.4 Å². The van der Waals surface area contributed by atoms with Crippen LogP contribution in [0.25, 0.3) is 0 Å². The first-order valence-electron chi connectivity index (χ1n) is 10.4. The topological polar surface area (TPSA) is 105 Å². The molecule has 1 heterocycles. The molecule has 0 unspecified atom stereocenters. The number of carbonyl (C=O) groups is 4. The third-order valence-corrected chi connectivity index (χ3v) is 6.22. The molecule has 1 aliphatic heterocycles. The Balaban J connectivity index is 2.56. The van der Waals surface area contributed by atoms with E-state index in [9.17, 15) is 19.2 Å². The minimum absolute atomic E-state index is 0.00227. The van der Waals surface area contributed by atoms with E-state index in [1.807, 2.05) is 6.92 Å². The van der Waals surface area contributed by atoms with E-state index in [0.717, 1.165) is 0 Å². The normalized spacial score (nSPS) is 34.6. The maximum absolute atomic E-state index is 13.2. The average Bonchev–Trinajstić information content (AvgIpc) is 2.96. The number of hydrogen-bond donors (Lipinski definition) is 0. The smallest absolute Gasteiger partial charge is 0.334 e. The molecule has 0 aromatic rings. The molecule has 8 heteroatoms. The SMILES string of the molecule is C=C1C(=O)O[C@@H]2C[C@@H](C)[C@H](OC)CC(=O)[C@](C)(OC(C)=O)C[C@H](OC(=O)/C(C)=C/C)[C@@H]12. The van der Waals surface area contributed by atoms with Gasteiger partial charge in [-0.05, 0) is 33.1 Å². The van der Waals surface area contributed by atoms with Crippen molar-refractivity contribution >= 4 is 23.7 Å². The van der Waals surface area contributed by atoms with Crippen LogP contribution in [-0.2, 0) is 38.1 Å². The van der Waals surface area contributed by atoms with Crippen molar-refractivity contribution in [2.45, 2.75) is 77.8 Å². The average molecular weight is 437 g/mol. The van der Waals surface area contributed by atoms with Crippen molar-refractivity contribution in [2.75, 3.05) is 7.11 Å². The zero-order valence-electron chi connectivity index (χ0n) is 19.1. The molecule has 1 saturated heterocycles. The van der Waals surface area contributed by atoms with Gasteiger partial charge in [-0.1, -0.05) is 19.6 Å². The van der Waals surface area contributed by atoms with Crippen molar-refractivity contribution in [3.05, 3.63) is 23.8 Å². The van der Waals surface area contributed by atoms with Crippen molar-refractivity contribution in [3.8, 4) is 0 Å². The van der Waals surface area contributed by atoms with Crippen LogP contribution >= 0.6 is 0 Å². The molecule has 6 atom stereocenters. The van der Waals surface area contributed by atoms with E-state index in [2.05, 4.69) is 6.58 Å². The molecule has 31 heavy (non-hydrogen) atoms. The third kappa shape index (κ3) is 5.42. The Hall–Kier alpha value is -2.48. The predicted molar refractivity (Wildman–Crippen MR) is 111 cm³/mol. The molecule has 0 radical (unpaired) electrons. The number of esters is 3. The summed E-state index contributed by atoms with van der Waals surface area (Å²) in [5, 5.41) is 0.